The van der Waals surface area contributed by atoms with E-state index >= 15 is 0 Å². The number of benzene rings is 4. The van der Waals surface area contributed by atoms with Crippen LogP contribution in [0, 0.1) is 0 Å². The summed E-state index contributed by atoms with van der Waals surface area (Å²) in [6.45, 7) is 8.80. The van der Waals surface area contributed by atoms with Gasteiger partial charge in [0.25, 0.3) is 11.9 Å². The summed E-state index contributed by atoms with van der Waals surface area (Å²) in [5.74, 6) is 1.02. The van der Waals surface area contributed by atoms with E-state index in [1.165, 1.54) is 22.3 Å². The maximum absolute atomic E-state index is 6.70. The lowest BCUT2D eigenvalue weighted by molar-refractivity contribution is 1.02. The molecule has 10 heteroatoms. The Labute approximate surface area is 289 Å². The Morgan fingerprint density at radius 1 is 0.422 bits per heavy atom. The third kappa shape index (κ3) is 9.59. The fourth-order valence-corrected chi connectivity index (χ4v) is 9.51. The molecule has 1 aromatic heterocycles. The second-order valence-electron chi connectivity index (χ2n) is 10.4. The summed E-state index contributed by atoms with van der Waals surface area (Å²) in [5, 5.41) is 0.758. The van der Waals surface area contributed by atoms with E-state index in [9.17, 15) is 0 Å². The van der Waals surface area contributed by atoms with E-state index in [0.717, 1.165) is 0 Å². The molecule has 0 aliphatic carbocycles. The second-order valence-corrected chi connectivity index (χ2v) is 16.3. The summed E-state index contributed by atoms with van der Waals surface area (Å²) in [6.07, 6.45) is 0. The minimum Gasteiger partial charge on any atom is -0.224 e. The predicted octanol–water partition coefficient (Wildman–Crippen LogP) is 11.8. The number of hydrogen-bond donors (Lipinski definition) is 0. The Balaban J connectivity index is 1.49. The summed E-state index contributed by atoms with van der Waals surface area (Å²) >= 11 is 13.4. The third-order valence-corrected chi connectivity index (χ3v) is 12.0. The fourth-order valence-electron chi connectivity index (χ4n) is 4.45. The molecular weight excluding hydrogens is 654 g/mol. The van der Waals surface area contributed by atoms with Crippen LogP contribution in [0.1, 0.15) is 70.9 Å². The molecule has 0 aliphatic heterocycles. The van der Waals surface area contributed by atoms with Crippen LogP contribution < -0.4 is 7.42 Å². The van der Waals surface area contributed by atoms with Gasteiger partial charge < -0.3 is 0 Å². The first-order chi connectivity index (χ1) is 21.9. The number of halogens is 1. The molecule has 1 heterocycles. The van der Waals surface area contributed by atoms with Gasteiger partial charge in [0, 0.05) is 21.0 Å². The predicted molar refractivity (Wildman–Crippen MR) is 200 cm³/mol. The maximum atomic E-state index is 6.70. The van der Waals surface area contributed by atoms with E-state index in [-0.39, 0.29) is 26.3 Å². The van der Waals surface area contributed by atoms with Gasteiger partial charge in [0.05, 0.1) is 0 Å². The van der Waals surface area contributed by atoms with Crippen LogP contribution in [0.3, 0.4) is 0 Å². The highest BCUT2D eigenvalue weighted by Gasteiger charge is 2.26. The Morgan fingerprint density at radius 2 is 0.667 bits per heavy atom. The SMILES string of the molecule is CC(SN(SC(C)c1ccccc1)c1nc(Cl)nc(N(SC(C)c2ccccc2)SC(C)c2ccccc2)n1)c1ccccc1. The topological polar surface area (TPSA) is 45.2 Å². The van der Waals surface area contributed by atoms with Gasteiger partial charge >= 0.3 is 0 Å². The fraction of sp³-hybridized carbons (Fsp3) is 0.229. The number of anilines is 2. The van der Waals surface area contributed by atoms with Crippen LogP contribution in [0.2, 0.25) is 5.28 Å². The molecule has 4 unspecified atom stereocenters. The lowest BCUT2D eigenvalue weighted by atomic mass is 10.2. The van der Waals surface area contributed by atoms with Crippen LogP contribution in [0.5, 0.6) is 0 Å². The Morgan fingerprint density at radius 3 is 0.911 bits per heavy atom. The smallest absolute Gasteiger partial charge is 0.224 e. The average Bonchev–Trinajstić information content (AvgIpc) is 3.08. The standard InChI is InChI=1S/C35H36ClN5S4/c1-25(29-17-9-5-10-18-29)42-40(43-26(2)30-19-11-6-12-20-30)34-37-33(36)38-35(39-34)41(44-27(3)31-21-13-7-14-22-31)45-28(4)32-23-15-8-16-24-32/h5-28H,1-4H3. The largest absolute Gasteiger partial charge is 0.252 e. The summed E-state index contributed by atoms with van der Waals surface area (Å²) in [7, 11) is 0. The van der Waals surface area contributed by atoms with Gasteiger partial charge in [-0.2, -0.15) is 15.0 Å². The van der Waals surface area contributed by atoms with Crippen LogP contribution >= 0.6 is 59.4 Å². The van der Waals surface area contributed by atoms with Crippen molar-refractivity contribution in [1.29, 1.82) is 0 Å². The zero-order chi connectivity index (χ0) is 31.6. The maximum Gasteiger partial charge on any atom is 0.252 e. The summed E-state index contributed by atoms with van der Waals surface area (Å²) in [4.78, 5) is 14.4. The number of nitrogens with zero attached hydrogens (tertiary/aromatic N) is 5. The minimum absolute atomic E-state index is 0.150. The normalized spacial score (nSPS) is 13.9. The molecule has 0 aliphatic rings. The Hall–Kier alpha value is -2.82. The van der Waals surface area contributed by atoms with Gasteiger partial charge in [-0.05, 0) is 109 Å². The van der Waals surface area contributed by atoms with Crippen molar-refractivity contribution in [2.24, 2.45) is 0 Å². The Bertz CT molecular complexity index is 1390. The van der Waals surface area contributed by atoms with Gasteiger partial charge in [-0.15, -0.1) is 0 Å². The first kappa shape index (κ1) is 33.5. The van der Waals surface area contributed by atoms with E-state index in [0.29, 0.717) is 11.9 Å². The van der Waals surface area contributed by atoms with Crippen molar-refractivity contribution in [3.8, 4) is 0 Å². The molecule has 0 radical (unpaired) electrons. The van der Waals surface area contributed by atoms with Gasteiger partial charge in [0.15, 0.2) is 0 Å². The molecule has 5 nitrogen and oxygen atoms in total. The summed E-state index contributed by atoms with van der Waals surface area (Å²) in [6, 6.07) is 41.9. The van der Waals surface area contributed by atoms with E-state index in [4.69, 9.17) is 16.6 Å². The number of hydrogen-bond acceptors (Lipinski definition) is 9. The van der Waals surface area contributed by atoms with Crippen LogP contribution in [0.25, 0.3) is 0 Å². The first-order valence-corrected chi connectivity index (χ1v) is 18.5. The van der Waals surface area contributed by atoms with Crippen LogP contribution in [0.15, 0.2) is 121 Å². The molecule has 0 saturated heterocycles. The van der Waals surface area contributed by atoms with E-state index < -0.39 is 0 Å². The Kier molecular flexibility index (Phi) is 12.4. The van der Waals surface area contributed by atoms with Crippen molar-refractivity contribution in [2.45, 2.75) is 48.7 Å². The highest BCUT2D eigenvalue weighted by molar-refractivity contribution is 8.18. The number of aromatic nitrogens is 3. The monoisotopic (exact) mass is 689 g/mol. The lowest BCUT2D eigenvalue weighted by Gasteiger charge is -2.29. The van der Waals surface area contributed by atoms with Gasteiger partial charge in [0.2, 0.25) is 5.28 Å². The van der Waals surface area contributed by atoms with Gasteiger partial charge in [-0.1, -0.05) is 121 Å². The molecule has 5 aromatic rings. The molecule has 5 rings (SSSR count). The zero-order valence-electron chi connectivity index (χ0n) is 25.6. The van der Waals surface area contributed by atoms with Crippen molar-refractivity contribution in [2.75, 3.05) is 7.42 Å². The van der Waals surface area contributed by atoms with Crippen molar-refractivity contribution in [3.63, 3.8) is 0 Å². The van der Waals surface area contributed by atoms with Crippen molar-refractivity contribution in [3.05, 3.63) is 149 Å². The molecule has 45 heavy (non-hydrogen) atoms. The lowest BCUT2D eigenvalue weighted by Crippen LogP contribution is -2.17. The van der Waals surface area contributed by atoms with Gasteiger partial charge in [-0.3, -0.25) is 0 Å². The van der Waals surface area contributed by atoms with Crippen LogP contribution in [-0.2, 0) is 0 Å². The molecule has 0 spiro atoms. The average molecular weight is 690 g/mol. The van der Waals surface area contributed by atoms with E-state index in [2.05, 4.69) is 142 Å². The van der Waals surface area contributed by atoms with E-state index in [1.54, 1.807) is 47.8 Å². The molecule has 0 N–H and O–H groups in total. The van der Waals surface area contributed by atoms with Crippen molar-refractivity contribution < 1.29 is 0 Å². The van der Waals surface area contributed by atoms with Crippen molar-refractivity contribution >= 4 is 71.3 Å². The van der Waals surface area contributed by atoms with E-state index in [1.807, 2.05) is 24.3 Å². The molecule has 4 atom stereocenters. The first-order valence-electron chi connectivity index (χ1n) is 14.8. The molecule has 0 bridgehead atoms. The highest BCUT2D eigenvalue weighted by Crippen LogP contribution is 2.46. The molecular formula is C35H36ClN5S4. The minimum atomic E-state index is 0.150. The van der Waals surface area contributed by atoms with Crippen molar-refractivity contribution in [1.82, 2.24) is 15.0 Å². The summed E-state index contributed by atoms with van der Waals surface area (Å²) < 4.78 is 4.20. The van der Waals surface area contributed by atoms with Crippen LogP contribution in [0.4, 0.5) is 11.9 Å². The third-order valence-electron chi connectivity index (χ3n) is 7.00. The molecule has 0 saturated carbocycles. The summed E-state index contributed by atoms with van der Waals surface area (Å²) in [5.41, 5.74) is 4.90. The molecule has 0 amide bonds. The number of rotatable bonds is 14. The van der Waals surface area contributed by atoms with Gasteiger partial charge in [0.1, 0.15) is 0 Å². The molecule has 0 fully saturated rings. The zero-order valence-corrected chi connectivity index (χ0v) is 29.6. The molecule has 232 valence electrons. The van der Waals surface area contributed by atoms with Crippen LogP contribution in [-0.4, -0.2) is 15.0 Å². The molecule has 4 aromatic carbocycles. The quantitative estimate of drug-likeness (QED) is 0.106. The second kappa shape index (κ2) is 16.7. The van der Waals surface area contributed by atoms with Gasteiger partial charge in [-0.25, -0.2) is 7.42 Å². The highest BCUT2D eigenvalue weighted by atomic mass is 35.5.